The van der Waals surface area contributed by atoms with E-state index in [4.69, 9.17) is 4.74 Å². The number of aryl methyl sites for hydroxylation is 1. The highest BCUT2D eigenvalue weighted by Crippen LogP contribution is 2.19. The number of carbonyl (C=O) groups is 1. The summed E-state index contributed by atoms with van der Waals surface area (Å²) >= 11 is 0. The number of methoxy groups -OCH3 is 1. The van der Waals surface area contributed by atoms with Gasteiger partial charge in [-0.3, -0.25) is 4.79 Å². The van der Waals surface area contributed by atoms with Crippen LogP contribution in [-0.2, 0) is 17.6 Å². The van der Waals surface area contributed by atoms with Gasteiger partial charge >= 0.3 is 0 Å². The van der Waals surface area contributed by atoms with Gasteiger partial charge in [-0.2, -0.15) is 0 Å². The molecule has 138 valence electrons. The van der Waals surface area contributed by atoms with Crippen molar-refractivity contribution < 1.29 is 9.53 Å². The van der Waals surface area contributed by atoms with Crippen molar-refractivity contribution in [3.05, 3.63) is 90.0 Å². The van der Waals surface area contributed by atoms with Crippen molar-refractivity contribution in [3.8, 4) is 16.9 Å². The van der Waals surface area contributed by atoms with Crippen LogP contribution < -0.4 is 10.1 Å². The Kier molecular flexibility index (Phi) is 6.64. The van der Waals surface area contributed by atoms with Crippen LogP contribution in [0, 0.1) is 0 Å². The summed E-state index contributed by atoms with van der Waals surface area (Å²) in [6.07, 6.45) is 2.24. The zero-order chi connectivity index (χ0) is 18.9. The highest BCUT2D eigenvalue weighted by molar-refractivity contribution is 5.78. The predicted octanol–water partition coefficient (Wildman–Crippen LogP) is 4.65. The van der Waals surface area contributed by atoms with Crippen molar-refractivity contribution in [3.63, 3.8) is 0 Å². The molecule has 0 saturated carbocycles. The number of ether oxygens (including phenoxy) is 1. The Morgan fingerprint density at radius 3 is 2.33 bits per heavy atom. The average molecular weight is 359 g/mol. The molecule has 1 N–H and O–H groups in total. The summed E-state index contributed by atoms with van der Waals surface area (Å²) in [5, 5.41) is 3.01. The predicted molar refractivity (Wildman–Crippen MR) is 110 cm³/mol. The van der Waals surface area contributed by atoms with Crippen molar-refractivity contribution in [2.24, 2.45) is 0 Å². The van der Waals surface area contributed by atoms with Gasteiger partial charge in [0.15, 0.2) is 0 Å². The molecule has 3 aromatic carbocycles. The normalized spacial score (nSPS) is 10.4. The van der Waals surface area contributed by atoms with Crippen LogP contribution in [0.15, 0.2) is 78.9 Å². The number of benzene rings is 3. The molecule has 27 heavy (non-hydrogen) atoms. The molecule has 0 bridgehead atoms. The van der Waals surface area contributed by atoms with Gasteiger partial charge in [-0.05, 0) is 47.2 Å². The minimum Gasteiger partial charge on any atom is -0.497 e. The summed E-state index contributed by atoms with van der Waals surface area (Å²) in [4.78, 5) is 12.1. The fourth-order valence-electron chi connectivity index (χ4n) is 3.04. The molecule has 3 nitrogen and oxygen atoms in total. The fourth-order valence-corrected chi connectivity index (χ4v) is 3.04. The molecule has 0 radical (unpaired) electrons. The first-order chi connectivity index (χ1) is 13.2. The van der Waals surface area contributed by atoms with Gasteiger partial charge < -0.3 is 10.1 Å². The van der Waals surface area contributed by atoms with E-state index >= 15 is 0 Å². The first kappa shape index (κ1) is 18.7. The number of hydrogen-bond acceptors (Lipinski definition) is 2. The van der Waals surface area contributed by atoms with Gasteiger partial charge in [0.2, 0.25) is 5.91 Å². The number of hydrogen-bond donors (Lipinski definition) is 1. The maximum atomic E-state index is 12.1. The first-order valence-electron chi connectivity index (χ1n) is 9.28. The summed E-state index contributed by atoms with van der Waals surface area (Å²) in [7, 11) is 1.67. The lowest BCUT2D eigenvalue weighted by Crippen LogP contribution is -2.26. The van der Waals surface area contributed by atoms with Crippen LogP contribution >= 0.6 is 0 Å². The smallest absolute Gasteiger partial charge is 0.224 e. The quantitative estimate of drug-likeness (QED) is 0.594. The lowest BCUT2D eigenvalue weighted by molar-refractivity contribution is -0.120. The van der Waals surface area contributed by atoms with E-state index in [1.165, 1.54) is 11.1 Å². The van der Waals surface area contributed by atoms with Gasteiger partial charge in [-0.1, -0.05) is 66.7 Å². The van der Waals surface area contributed by atoms with E-state index in [0.29, 0.717) is 13.0 Å². The van der Waals surface area contributed by atoms with Gasteiger partial charge in [0.25, 0.3) is 0 Å². The Hall–Kier alpha value is -3.07. The Labute approximate surface area is 161 Å². The lowest BCUT2D eigenvalue weighted by atomic mass is 10.0. The maximum absolute atomic E-state index is 12.1. The molecule has 0 spiro atoms. The summed E-state index contributed by atoms with van der Waals surface area (Å²) in [5.41, 5.74) is 4.60. The molecule has 0 saturated heterocycles. The van der Waals surface area contributed by atoms with Crippen molar-refractivity contribution >= 4 is 5.91 Å². The van der Waals surface area contributed by atoms with E-state index in [1.54, 1.807) is 7.11 Å². The molecule has 0 heterocycles. The molecule has 3 aromatic rings. The third-order valence-electron chi connectivity index (χ3n) is 4.52. The average Bonchev–Trinajstić information content (AvgIpc) is 2.72. The summed E-state index contributed by atoms with van der Waals surface area (Å²) < 4.78 is 5.23. The number of carbonyl (C=O) groups excluding carboxylic acids is 1. The molecule has 3 heteroatoms. The molecular weight excluding hydrogens is 334 g/mol. The first-order valence-corrected chi connectivity index (χ1v) is 9.28. The van der Waals surface area contributed by atoms with E-state index in [2.05, 4.69) is 35.6 Å². The summed E-state index contributed by atoms with van der Waals surface area (Å²) in [6.45, 7) is 0.679. The van der Waals surface area contributed by atoms with E-state index in [-0.39, 0.29) is 5.91 Å². The van der Waals surface area contributed by atoms with E-state index in [9.17, 15) is 4.79 Å². The second-order valence-electron chi connectivity index (χ2n) is 6.54. The molecule has 0 aliphatic rings. The third kappa shape index (κ3) is 5.71. The second-order valence-corrected chi connectivity index (χ2v) is 6.54. The highest BCUT2D eigenvalue weighted by Gasteiger charge is 2.04. The fraction of sp³-hybridized carbons (Fsp3) is 0.208. The Bertz CT molecular complexity index is 857. The van der Waals surface area contributed by atoms with Crippen LogP contribution in [0.4, 0.5) is 0 Å². The van der Waals surface area contributed by atoms with Gasteiger partial charge in [-0.25, -0.2) is 0 Å². The maximum Gasteiger partial charge on any atom is 0.224 e. The van der Waals surface area contributed by atoms with Gasteiger partial charge in [-0.15, -0.1) is 0 Å². The van der Waals surface area contributed by atoms with E-state index in [1.807, 2.05) is 48.5 Å². The van der Waals surface area contributed by atoms with Crippen LogP contribution in [0.5, 0.6) is 5.75 Å². The molecule has 0 aliphatic carbocycles. The van der Waals surface area contributed by atoms with Gasteiger partial charge in [0.1, 0.15) is 5.75 Å². The topological polar surface area (TPSA) is 38.3 Å². The van der Waals surface area contributed by atoms with Crippen LogP contribution in [0.3, 0.4) is 0 Å². The Morgan fingerprint density at radius 2 is 1.59 bits per heavy atom. The molecule has 3 rings (SSSR count). The van der Waals surface area contributed by atoms with Crippen molar-refractivity contribution in [1.29, 1.82) is 0 Å². The monoisotopic (exact) mass is 359 g/mol. The molecular formula is C24H25NO2. The van der Waals surface area contributed by atoms with Crippen LogP contribution in [0.2, 0.25) is 0 Å². The minimum absolute atomic E-state index is 0.0631. The Morgan fingerprint density at radius 1 is 0.852 bits per heavy atom. The molecule has 0 unspecified atom stereocenters. The van der Waals surface area contributed by atoms with Crippen molar-refractivity contribution in [2.45, 2.75) is 19.3 Å². The van der Waals surface area contributed by atoms with Crippen molar-refractivity contribution in [1.82, 2.24) is 5.32 Å². The summed E-state index contributed by atoms with van der Waals surface area (Å²) in [6, 6.07) is 26.5. The number of amides is 1. The minimum atomic E-state index is 0.0631. The largest absolute Gasteiger partial charge is 0.497 e. The standard InChI is InChI=1S/C24H25NO2/c1-27-23-11-5-7-19(17-23)8-6-16-25-24(26)18-20-12-14-22(15-13-20)21-9-3-2-4-10-21/h2-5,7,9-15,17H,6,8,16,18H2,1H3,(H,25,26). The van der Waals surface area contributed by atoms with E-state index in [0.717, 1.165) is 29.7 Å². The molecule has 0 aliphatic heterocycles. The molecule has 1 amide bonds. The van der Waals surface area contributed by atoms with Crippen molar-refractivity contribution in [2.75, 3.05) is 13.7 Å². The highest BCUT2D eigenvalue weighted by atomic mass is 16.5. The van der Waals surface area contributed by atoms with Crippen LogP contribution in [0.25, 0.3) is 11.1 Å². The zero-order valence-electron chi connectivity index (χ0n) is 15.7. The second kappa shape index (κ2) is 9.58. The SMILES string of the molecule is COc1cccc(CCCNC(=O)Cc2ccc(-c3ccccc3)cc2)c1. The molecule has 0 atom stereocenters. The number of nitrogens with one attached hydrogen (secondary N) is 1. The summed E-state index contributed by atoms with van der Waals surface area (Å²) in [5.74, 6) is 0.934. The van der Waals surface area contributed by atoms with E-state index < -0.39 is 0 Å². The third-order valence-corrected chi connectivity index (χ3v) is 4.52. The van der Waals surface area contributed by atoms with Crippen LogP contribution in [0.1, 0.15) is 17.5 Å². The Balaban J connectivity index is 1.42. The number of rotatable bonds is 8. The lowest BCUT2D eigenvalue weighted by Gasteiger charge is -2.07. The van der Waals surface area contributed by atoms with Gasteiger partial charge in [0, 0.05) is 6.54 Å². The van der Waals surface area contributed by atoms with Gasteiger partial charge in [0.05, 0.1) is 13.5 Å². The molecule has 0 fully saturated rings. The zero-order valence-corrected chi connectivity index (χ0v) is 15.7. The van der Waals surface area contributed by atoms with Crippen LogP contribution in [-0.4, -0.2) is 19.6 Å². The molecule has 0 aromatic heterocycles.